The number of hydrogen-bond acceptors (Lipinski definition) is 2. The molecule has 0 aliphatic rings. The van der Waals surface area contributed by atoms with E-state index >= 15 is 0 Å². The molecule has 2 N–H and O–H groups in total. The molecule has 0 unspecified atom stereocenters. The highest BCUT2D eigenvalue weighted by molar-refractivity contribution is 7.71. The van der Waals surface area contributed by atoms with Crippen LogP contribution in [0, 0.1) is 4.77 Å². The molecule has 0 bridgehead atoms. The van der Waals surface area contributed by atoms with E-state index in [1.807, 2.05) is 24.3 Å². The lowest BCUT2D eigenvalue weighted by Crippen LogP contribution is -2.14. The average molecular weight is 235 g/mol. The molecule has 5 heteroatoms. The smallest absolute Gasteiger partial charge is 0.272 e. The number of aromatic amines is 2. The highest BCUT2D eigenvalue weighted by Crippen LogP contribution is 2.09. The van der Waals surface area contributed by atoms with E-state index in [0.717, 1.165) is 18.5 Å². The van der Waals surface area contributed by atoms with Gasteiger partial charge in [-0.05, 0) is 36.3 Å². The van der Waals surface area contributed by atoms with Crippen molar-refractivity contribution in [3.8, 4) is 5.69 Å². The van der Waals surface area contributed by atoms with E-state index in [4.69, 9.17) is 12.2 Å². The first-order valence-electron chi connectivity index (χ1n) is 5.21. The van der Waals surface area contributed by atoms with Crippen molar-refractivity contribution in [2.75, 3.05) is 0 Å². The van der Waals surface area contributed by atoms with Crippen molar-refractivity contribution in [2.45, 2.75) is 19.8 Å². The Balaban J connectivity index is 2.43. The van der Waals surface area contributed by atoms with E-state index in [9.17, 15) is 4.79 Å². The fraction of sp³-hybridized carbons (Fsp3) is 0.273. The number of nitrogens with zero attached hydrogens (tertiary/aromatic N) is 1. The van der Waals surface area contributed by atoms with Gasteiger partial charge in [-0.3, -0.25) is 5.10 Å². The Kier molecular flexibility index (Phi) is 3.05. The van der Waals surface area contributed by atoms with E-state index < -0.39 is 0 Å². The lowest BCUT2D eigenvalue weighted by atomic mass is 10.1. The number of benzene rings is 1. The quantitative estimate of drug-likeness (QED) is 0.801. The molecule has 2 aromatic rings. The first-order valence-corrected chi connectivity index (χ1v) is 5.62. The lowest BCUT2D eigenvalue weighted by molar-refractivity contribution is 0.916. The highest BCUT2D eigenvalue weighted by atomic mass is 32.1. The number of H-pyrrole nitrogens is 2. The normalized spacial score (nSPS) is 10.6. The van der Waals surface area contributed by atoms with Crippen LogP contribution in [0.2, 0.25) is 0 Å². The topological polar surface area (TPSA) is 53.6 Å². The summed E-state index contributed by atoms with van der Waals surface area (Å²) >= 11 is 5.02. The van der Waals surface area contributed by atoms with Gasteiger partial charge < -0.3 is 0 Å². The number of nitrogens with one attached hydrogen (secondary N) is 2. The minimum absolute atomic E-state index is 0.242. The van der Waals surface area contributed by atoms with Crippen LogP contribution in [0.15, 0.2) is 29.1 Å². The van der Waals surface area contributed by atoms with E-state index in [-0.39, 0.29) is 5.69 Å². The molecule has 1 aromatic carbocycles. The third kappa shape index (κ3) is 1.99. The van der Waals surface area contributed by atoms with E-state index in [0.29, 0.717) is 4.77 Å². The van der Waals surface area contributed by atoms with Crippen molar-refractivity contribution in [2.24, 2.45) is 0 Å². The number of aryl methyl sites for hydroxylation is 1. The number of hydrogen-bond donors (Lipinski definition) is 2. The predicted octanol–water partition coefficient (Wildman–Crippen LogP) is 2.18. The van der Waals surface area contributed by atoms with Gasteiger partial charge in [-0.25, -0.2) is 14.5 Å². The monoisotopic (exact) mass is 235 g/mol. The molecule has 2 rings (SSSR count). The van der Waals surface area contributed by atoms with Crippen molar-refractivity contribution in [1.29, 1.82) is 0 Å². The molecule has 1 heterocycles. The second-order valence-electron chi connectivity index (χ2n) is 3.61. The Morgan fingerprint density at radius 1 is 1.25 bits per heavy atom. The summed E-state index contributed by atoms with van der Waals surface area (Å²) in [6.45, 7) is 2.14. The molecule has 0 atom stereocenters. The van der Waals surface area contributed by atoms with Gasteiger partial charge in [-0.1, -0.05) is 25.5 Å². The zero-order valence-corrected chi connectivity index (χ0v) is 9.80. The van der Waals surface area contributed by atoms with Crippen LogP contribution in [0.25, 0.3) is 5.69 Å². The number of rotatable bonds is 3. The van der Waals surface area contributed by atoms with Gasteiger partial charge in [-0.2, -0.15) is 0 Å². The SMILES string of the molecule is CCCc1ccc(-n2c(=O)[nH][nH]c2=S)cc1. The minimum Gasteiger partial charge on any atom is -0.272 e. The van der Waals surface area contributed by atoms with Gasteiger partial charge in [0.15, 0.2) is 0 Å². The maximum atomic E-state index is 11.5. The van der Waals surface area contributed by atoms with Crippen LogP contribution < -0.4 is 5.69 Å². The summed E-state index contributed by atoms with van der Waals surface area (Å²) in [5, 5.41) is 5.07. The zero-order valence-electron chi connectivity index (χ0n) is 8.99. The average Bonchev–Trinajstić information content (AvgIpc) is 2.61. The maximum Gasteiger partial charge on any atom is 0.347 e. The van der Waals surface area contributed by atoms with Crippen LogP contribution in [0.5, 0.6) is 0 Å². The summed E-state index contributed by atoms with van der Waals surface area (Å²) in [4.78, 5) is 11.5. The van der Waals surface area contributed by atoms with Crippen molar-refractivity contribution in [3.05, 3.63) is 45.1 Å². The molecule has 4 nitrogen and oxygen atoms in total. The molecule has 0 saturated carbocycles. The maximum absolute atomic E-state index is 11.5. The summed E-state index contributed by atoms with van der Waals surface area (Å²) in [6, 6.07) is 7.86. The second-order valence-corrected chi connectivity index (χ2v) is 4.00. The Bertz CT molecular complexity index is 549. The van der Waals surface area contributed by atoms with Gasteiger partial charge >= 0.3 is 5.69 Å². The van der Waals surface area contributed by atoms with E-state index in [1.165, 1.54) is 10.1 Å². The van der Waals surface area contributed by atoms with Gasteiger partial charge in [0, 0.05) is 0 Å². The molecule has 0 saturated heterocycles. The fourth-order valence-corrected chi connectivity index (χ4v) is 1.89. The molecule has 84 valence electrons. The molecule has 0 amide bonds. The Morgan fingerprint density at radius 3 is 2.44 bits per heavy atom. The minimum atomic E-state index is -0.242. The molecular weight excluding hydrogens is 222 g/mol. The summed E-state index contributed by atoms with van der Waals surface area (Å²) in [6.07, 6.45) is 2.17. The standard InChI is InChI=1S/C11H13N3OS/c1-2-3-8-4-6-9(7-5-8)14-10(15)12-13-11(14)16/h4-7H,2-3H2,1H3,(H,12,15)(H,13,16). The Morgan fingerprint density at radius 2 is 1.94 bits per heavy atom. The van der Waals surface area contributed by atoms with Crippen LogP contribution in [0.4, 0.5) is 0 Å². The van der Waals surface area contributed by atoms with Gasteiger partial charge in [0.1, 0.15) is 0 Å². The van der Waals surface area contributed by atoms with Crippen molar-refractivity contribution in [3.63, 3.8) is 0 Å². The number of aromatic nitrogens is 3. The van der Waals surface area contributed by atoms with Crippen molar-refractivity contribution < 1.29 is 0 Å². The van der Waals surface area contributed by atoms with E-state index in [1.54, 1.807) is 0 Å². The molecule has 0 fully saturated rings. The summed E-state index contributed by atoms with van der Waals surface area (Å²) in [5.74, 6) is 0. The largest absolute Gasteiger partial charge is 0.347 e. The summed E-state index contributed by atoms with van der Waals surface area (Å²) in [5.41, 5.74) is 1.81. The summed E-state index contributed by atoms with van der Waals surface area (Å²) < 4.78 is 1.82. The first kappa shape index (κ1) is 10.9. The van der Waals surface area contributed by atoms with Crippen LogP contribution >= 0.6 is 12.2 Å². The van der Waals surface area contributed by atoms with Crippen molar-refractivity contribution in [1.82, 2.24) is 14.8 Å². The molecule has 16 heavy (non-hydrogen) atoms. The van der Waals surface area contributed by atoms with Gasteiger partial charge in [0.25, 0.3) is 0 Å². The highest BCUT2D eigenvalue weighted by Gasteiger charge is 2.02. The second kappa shape index (κ2) is 4.49. The first-order chi connectivity index (χ1) is 7.72. The van der Waals surface area contributed by atoms with E-state index in [2.05, 4.69) is 17.1 Å². The van der Waals surface area contributed by atoms with Crippen molar-refractivity contribution >= 4 is 12.2 Å². The molecule has 0 aliphatic heterocycles. The van der Waals surface area contributed by atoms with Gasteiger partial charge in [0.2, 0.25) is 4.77 Å². The molecular formula is C11H13N3OS. The fourth-order valence-electron chi connectivity index (χ4n) is 1.65. The van der Waals surface area contributed by atoms with Crippen LogP contribution in [0.3, 0.4) is 0 Å². The molecule has 0 radical (unpaired) electrons. The molecule has 0 spiro atoms. The van der Waals surface area contributed by atoms with Gasteiger partial charge in [0.05, 0.1) is 5.69 Å². The summed E-state index contributed by atoms with van der Waals surface area (Å²) in [7, 11) is 0. The predicted molar refractivity (Wildman–Crippen MR) is 65.6 cm³/mol. The van der Waals surface area contributed by atoms with Crippen LogP contribution in [-0.4, -0.2) is 14.8 Å². The molecule has 1 aromatic heterocycles. The third-order valence-corrected chi connectivity index (χ3v) is 2.70. The Labute approximate surface area is 97.9 Å². The van der Waals surface area contributed by atoms with Crippen LogP contribution in [0.1, 0.15) is 18.9 Å². The molecule has 0 aliphatic carbocycles. The van der Waals surface area contributed by atoms with Gasteiger partial charge in [-0.15, -0.1) is 0 Å². The Hall–Kier alpha value is -1.62. The zero-order chi connectivity index (χ0) is 11.5. The lowest BCUT2D eigenvalue weighted by Gasteiger charge is -2.02. The van der Waals surface area contributed by atoms with Crippen LogP contribution in [-0.2, 0) is 6.42 Å². The third-order valence-electron chi connectivity index (χ3n) is 2.42.